The van der Waals surface area contributed by atoms with Gasteiger partial charge in [-0.15, -0.1) is 0 Å². The third-order valence-corrected chi connectivity index (χ3v) is 1.93. The van der Waals surface area contributed by atoms with Gasteiger partial charge in [-0.05, 0) is 0 Å². The highest BCUT2D eigenvalue weighted by atomic mass is 16.5. The van der Waals surface area contributed by atoms with E-state index in [1.54, 1.807) is 4.90 Å². The zero-order valence-electron chi connectivity index (χ0n) is 8.84. The lowest BCUT2D eigenvalue weighted by atomic mass is 10.3. The Bertz CT molecular complexity index is 130. The second kappa shape index (κ2) is 10.3. The first-order valence-electron chi connectivity index (χ1n) is 5.03. The van der Waals surface area contributed by atoms with Crippen LogP contribution in [0, 0.1) is 0 Å². The second-order valence-electron chi connectivity index (χ2n) is 3.13. The third kappa shape index (κ3) is 7.66. The van der Waals surface area contributed by atoms with Crippen LogP contribution >= 0.6 is 0 Å². The highest BCUT2D eigenvalue weighted by molar-refractivity contribution is 4.65. The van der Waals surface area contributed by atoms with Gasteiger partial charge in [0.25, 0.3) is 0 Å². The molecule has 1 unspecified atom stereocenters. The molecule has 3 N–H and O–H groups in total. The molecule has 0 rings (SSSR count). The fourth-order valence-corrected chi connectivity index (χ4v) is 1.24. The molecule has 1 radical (unpaired) electrons. The first kappa shape index (κ1) is 14.8. The van der Waals surface area contributed by atoms with Crippen LogP contribution in [-0.2, 0) is 9.84 Å². The summed E-state index contributed by atoms with van der Waals surface area (Å²) in [7, 11) is 0. The normalized spacial score (nSPS) is 13.4. The monoisotopic (exact) mass is 222 g/mol. The predicted molar refractivity (Wildman–Crippen MR) is 53.0 cm³/mol. The summed E-state index contributed by atoms with van der Waals surface area (Å²) in [5.74, 6) is 0. The summed E-state index contributed by atoms with van der Waals surface area (Å²) in [6.07, 6.45) is -0.504. The minimum absolute atomic E-state index is 0.0222. The number of nitrogens with zero attached hydrogens (tertiary/aromatic N) is 1. The van der Waals surface area contributed by atoms with E-state index < -0.39 is 12.7 Å². The number of aliphatic hydroxyl groups excluding tert-OH is 3. The largest absolute Gasteiger partial charge is 0.395 e. The van der Waals surface area contributed by atoms with Gasteiger partial charge in [0.15, 0.2) is 0 Å². The van der Waals surface area contributed by atoms with Crippen LogP contribution < -0.4 is 0 Å². The molecule has 0 aliphatic rings. The highest BCUT2D eigenvalue weighted by Crippen LogP contribution is 1.97. The van der Waals surface area contributed by atoms with Crippen LogP contribution in [0.15, 0.2) is 0 Å². The van der Waals surface area contributed by atoms with Crippen molar-refractivity contribution in [3.8, 4) is 0 Å². The molecule has 0 bridgehead atoms. The minimum atomic E-state index is -0.504. The Morgan fingerprint density at radius 1 is 1.07 bits per heavy atom. The molecule has 91 valence electrons. The Hall–Kier alpha value is -0.240. The zero-order chi connectivity index (χ0) is 11.5. The van der Waals surface area contributed by atoms with E-state index in [-0.39, 0.29) is 26.4 Å². The van der Waals surface area contributed by atoms with Crippen molar-refractivity contribution in [2.24, 2.45) is 0 Å². The summed E-state index contributed by atoms with van der Waals surface area (Å²) in [5.41, 5.74) is 0. The lowest BCUT2D eigenvalue weighted by Gasteiger charge is -2.24. The molecule has 0 aromatic rings. The van der Waals surface area contributed by atoms with Crippen LogP contribution in [0.2, 0.25) is 0 Å². The molecule has 0 aliphatic heterocycles. The summed E-state index contributed by atoms with van der Waals surface area (Å²) in [5, 5.41) is 36.7. The molecular weight excluding hydrogens is 202 g/mol. The molecule has 0 saturated carbocycles. The standard InChI is InChI=1S/C9H20NO5/c11-3-1-10(2-4-12)7-9(8-14)15-6-5-13/h9,11-13H,1-8H2. The first-order valence-corrected chi connectivity index (χ1v) is 5.03. The molecule has 0 aromatic heterocycles. The van der Waals surface area contributed by atoms with E-state index in [2.05, 4.69) is 0 Å². The van der Waals surface area contributed by atoms with E-state index in [0.29, 0.717) is 19.6 Å². The molecule has 6 nitrogen and oxygen atoms in total. The molecular formula is C9H20NO5. The highest BCUT2D eigenvalue weighted by Gasteiger charge is 2.13. The molecule has 1 atom stereocenters. The van der Waals surface area contributed by atoms with Gasteiger partial charge >= 0.3 is 0 Å². The summed E-state index contributed by atoms with van der Waals surface area (Å²) in [4.78, 5) is 1.75. The van der Waals surface area contributed by atoms with Crippen LogP contribution in [0.5, 0.6) is 0 Å². The van der Waals surface area contributed by atoms with Gasteiger partial charge in [0.05, 0.1) is 32.5 Å². The van der Waals surface area contributed by atoms with E-state index in [9.17, 15) is 5.11 Å². The Balaban J connectivity index is 3.85. The van der Waals surface area contributed by atoms with Crippen molar-refractivity contribution < 1.29 is 25.2 Å². The summed E-state index contributed by atoms with van der Waals surface area (Å²) in [6.45, 7) is 0.754. The van der Waals surface area contributed by atoms with E-state index >= 15 is 0 Å². The van der Waals surface area contributed by atoms with E-state index in [1.165, 1.54) is 0 Å². The van der Waals surface area contributed by atoms with Gasteiger partial charge in [-0.2, -0.15) is 0 Å². The molecule has 0 fully saturated rings. The molecule has 15 heavy (non-hydrogen) atoms. The van der Waals surface area contributed by atoms with Crippen LogP contribution in [0.3, 0.4) is 0 Å². The zero-order valence-corrected chi connectivity index (χ0v) is 8.84. The van der Waals surface area contributed by atoms with Gasteiger partial charge in [0.2, 0.25) is 0 Å². The Morgan fingerprint density at radius 3 is 2.07 bits per heavy atom. The Kier molecular flexibility index (Phi) is 10.1. The predicted octanol–water partition coefficient (Wildman–Crippen LogP) is -1.92. The van der Waals surface area contributed by atoms with Crippen molar-refractivity contribution in [3.05, 3.63) is 0 Å². The first-order chi connectivity index (χ1) is 7.28. The minimum Gasteiger partial charge on any atom is -0.395 e. The summed E-state index contributed by atoms with van der Waals surface area (Å²) in [6, 6.07) is 0. The molecule has 0 spiro atoms. The SMILES string of the molecule is [O]CC(CN(CCO)CCO)OCCO. The number of ether oxygens (including phenoxy) is 1. The number of aliphatic hydroxyl groups is 3. The average Bonchev–Trinajstić information content (AvgIpc) is 2.24. The van der Waals surface area contributed by atoms with Gasteiger partial charge in [-0.25, -0.2) is 5.11 Å². The molecule has 0 heterocycles. The van der Waals surface area contributed by atoms with Gasteiger partial charge < -0.3 is 20.1 Å². The second-order valence-corrected chi connectivity index (χ2v) is 3.13. The fourth-order valence-electron chi connectivity index (χ4n) is 1.24. The van der Waals surface area contributed by atoms with Crippen molar-refractivity contribution in [3.63, 3.8) is 0 Å². The lowest BCUT2D eigenvalue weighted by molar-refractivity contribution is -0.0400. The summed E-state index contributed by atoms with van der Waals surface area (Å²) >= 11 is 0. The molecule has 0 aromatic carbocycles. The van der Waals surface area contributed by atoms with Gasteiger partial charge in [0, 0.05) is 19.6 Å². The van der Waals surface area contributed by atoms with E-state index in [0.717, 1.165) is 0 Å². The number of hydrogen-bond donors (Lipinski definition) is 3. The number of rotatable bonds is 10. The number of hydrogen-bond acceptors (Lipinski definition) is 5. The van der Waals surface area contributed by atoms with Crippen molar-refractivity contribution >= 4 is 0 Å². The van der Waals surface area contributed by atoms with Crippen molar-refractivity contribution in [2.75, 3.05) is 52.7 Å². The van der Waals surface area contributed by atoms with Gasteiger partial charge in [-0.3, -0.25) is 4.90 Å². The van der Waals surface area contributed by atoms with Crippen LogP contribution in [0.1, 0.15) is 0 Å². The Labute approximate surface area is 89.7 Å². The van der Waals surface area contributed by atoms with E-state index in [4.69, 9.17) is 20.1 Å². The van der Waals surface area contributed by atoms with Crippen molar-refractivity contribution in [1.29, 1.82) is 0 Å². The maximum Gasteiger partial charge on any atom is 0.110 e. The van der Waals surface area contributed by atoms with Gasteiger partial charge in [0.1, 0.15) is 6.61 Å². The quantitative estimate of drug-likeness (QED) is 0.401. The van der Waals surface area contributed by atoms with Crippen molar-refractivity contribution in [1.82, 2.24) is 4.90 Å². The fraction of sp³-hybridized carbons (Fsp3) is 1.00. The Morgan fingerprint density at radius 2 is 1.67 bits per heavy atom. The van der Waals surface area contributed by atoms with Crippen LogP contribution in [-0.4, -0.2) is 79.0 Å². The molecule has 0 amide bonds. The third-order valence-electron chi connectivity index (χ3n) is 1.93. The molecule has 0 saturated heterocycles. The van der Waals surface area contributed by atoms with Crippen molar-refractivity contribution in [2.45, 2.75) is 6.10 Å². The molecule has 6 heteroatoms. The maximum atomic E-state index is 10.7. The maximum absolute atomic E-state index is 10.7. The van der Waals surface area contributed by atoms with Crippen LogP contribution in [0.25, 0.3) is 0 Å². The smallest absolute Gasteiger partial charge is 0.110 e. The van der Waals surface area contributed by atoms with Crippen LogP contribution in [0.4, 0.5) is 0 Å². The average molecular weight is 222 g/mol. The van der Waals surface area contributed by atoms with Gasteiger partial charge in [-0.1, -0.05) is 0 Å². The lowest BCUT2D eigenvalue weighted by Crippen LogP contribution is -2.39. The molecule has 0 aliphatic carbocycles. The van der Waals surface area contributed by atoms with E-state index in [1.807, 2.05) is 0 Å². The topological polar surface area (TPSA) is 93.1 Å². The summed E-state index contributed by atoms with van der Waals surface area (Å²) < 4.78 is 5.10.